The summed E-state index contributed by atoms with van der Waals surface area (Å²) in [6, 6.07) is 17.8. The predicted molar refractivity (Wildman–Crippen MR) is 111 cm³/mol. The van der Waals surface area contributed by atoms with Gasteiger partial charge in [-0.05, 0) is 53.3 Å². The van der Waals surface area contributed by atoms with Crippen molar-refractivity contribution in [3.05, 3.63) is 76.5 Å². The van der Waals surface area contributed by atoms with Gasteiger partial charge in [0.2, 0.25) is 0 Å². The quantitative estimate of drug-likeness (QED) is 0.223. The molecule has 0 bridgehead atoms. The molecule has 0 aliphatic heterocycles. The maximum absolute atomic E-state index is 12.2. The van der Waals surface area contributed by atoms with Gasteiger partial charge >= 0.3 is 11.9 Å². The molecule has 3 aromatic rings. The summed E-state index contributed by atoms with van der Waals surface area (Å²) >= 11 is 1.42. The highest BCUT2D eigenvalue weighted by Gasteiger charge is 2.10. The Hall–Kier alpha value is -3.25. The van der Waals surface area contributed by atoms with Gasteiger partial charge in [0.25, 0.3) is 0 Å². The second kappa shape index (κ2) is 9.80. The topological polar surface area (TPSA) is 69.7 Å². The molecule has 0 radical (unpaired) electrons. The van der Waals surface area contributed by atoms with Gasteiger partial charge in [0, 0.05) is 13.3 Å². The van der Waals surface area contributed by atoms with Gasteiger partial charge in [0.05, 0.1) is 17.0 Å². The third-order valence-electron chi connectivity index (χ3n) is 4.15. The van der Waals surface area contributed by atoms with Crippen molar-refractivity contribution >= 4 is 29.1 Å². The lowest BCUT2D eigenvalue weighted by molar-refractivity contribution is -0.131. The van der Waals surface area contributed by atoms with Crippen LogP contribution in [0.3, 0.4) is 0 Å². The van der Waals surface area contributed by atoms with E-state index < -0.39 is 5.97 Å². The summed E-state index contributed by atoms with van der Waals surface area (Å²) in [5.74, 6) is -0.221. The second-order valence-corrected chi connectivity index (χ2v) is 7.28. The number of carbonyl (C=O) groups is 3. The lowest BCUT2D eigenvalue weighted by Crippen LogP contribution is -2.08. The van der Waals surface area contributed by atoms with E-state index in [0.29, 0.717) is 24.2 Å². The minimum Gasteiger partial charge on any atom is -0.462 e. The van der Waals surface area contributed by atoms with E-state index in [2.05, 4.69) is 0 Å². The predicted octanol–water partition coefficient (Wildman–Crippen LogP) is 5.16. The third kappa shape index (κ3) is 5.86. The van der Waals surface area contributed by atoms with Gasteiger partial charge in [-0.1, -0.05) is 30.3 Å². The van der Waals surface area contributed by atoms with Gasteiger partial charge in [-0.3, -0.25) is 9.59 Å². The van der Waals surface area contributed by atoms with E-state index in [-0.39, 0.29) is 18.4 Å². The Morgan fingerprint density at radius 3 is 2.14 bits per heavy atom. The van der Waals surface area contributed by atoms with Crippen LogP contribution < -0.4 is 4.74 Å². The number of thiophene rings is 1. The summed E-state index contributed by atoms with van der Waals surface area (Å²) < 4.78 is 10.3. The maximum atomic E-state index is 12.2. The second-order valence-electron chi connectivity index (χ2n) is 6.34. The number of rotatable bonds is 8. The molecule has 0 N–H and O–H groups in total. The smallest absolute Gasteiger partial charge is 0.338 e. The largest absolute Gasteiger partial charge is 0.462 e. The zero-order chi connectivity index (χ0) is 20.6. The van der Waals surface area contributed by atoms with Crippen molar-refractivity contribution in [3.63, 3.8) is 0 Å². The van der Waals surface area contributed by atoms with E-state index in [1.807, 2.05) is 35.7 Å². The SMILES string of the molecule is CC(=O)Oc1ccc(-c2ccc(C(=O)OCCCC(=O)c3cccs3)cc2)cc1. The highest BCUT2D eigenvalue weighted by atomic mass is 32.1. The Kier molecular flexibility index (Phi) is 6.92. The number of benzene rings is 2. The van der Waals surface area contributed by atoms with Crippen LogP contribution in [0.15, 0.2) is 66.0 Å². The third-order valence-corrected chi connectivity index (χ3v) is 5.06. The molecule has 0 amide bonds. The fraction of sp³-hybridized carbons (Fsp3) is 0.174. The lowest BCUT2D eigenvalue weighted by atomic mass is 10.0. The van der Waals surface area contributed by atoms with E-state index in [1.54, 1.807) is 30.3 Å². The first-order valence-corrected chi connectivity index (χ1v) is 10.0. The van der Waals surface area contributed by atoms with Crippen LogP contribution in [-0.2, 0) is 9.53 Å². The first-order valence-electron chi connectivity index (χ1n) is 9.15. The number of carbonyl (C=O) groups excluding carboxylic acids is 3. The summed E-state index contributed by atoms with van der Waals surface area (Å²) in [5, 5.41) is 1.87. The molecule has 3 rings (SSSR count). The van der Waals surface area contributed by atoms with E-state index >= 15 is 0 Å². The summed E-state index contributed by atoms with van der Waals surface area (Å²) in [6.45, 7) is 1.56. The van der Waals surface area contributed by atoms with Crippen LogP contribution >= 0.6 is 11.3 Å². The lowest BCUT2D eigenvalue weighted by Gasteiger charge is -2.07. The number of Topliss-reactive ketones (excluding diaryl/α,β-unsaturated/α-hetero) is 1. The normalized spacial score (nSPS) is 10.4. The molecule has 0 saturated carbocycles. The highest BCUT2D eigenvalue weighted by Crippen LogP contribution is 2.23. The molecule has 1 aromatic heterocycles. The van der Waals surface area contributed by atoms with Gasteiger partial charge in [0.15, 0.2) is 5.78 Å². The molecule has 0 saturated heterocycles. The van der Waals surface area contributed by atoms with Crippen molar-refractivity contribution in [2.75, 3.05) is 6.61 Å². The van der Waals surface area contributed by atoms with E-state index in [1.165, 1.54) is 18.3 Å². The zero-order valence-electron chi connectivity index (χ0n) is 15.9. The summed E-state index contributed by atoms with van der Waals surface area (Å²) in [5.41, 5.74) is 2.32. The average Bonchev–Trinajstić information content (AvgIpc) is 3.26. The summed E-state index contributed by atoms with van der Waals surface area (Å²) in [7, 11) is 0. The number of ether oxygens (including phenoxy) is 2. The van der Waals surface area contributed by atoms with Crippen LogP contribution in [-0.4, -0.2) is 24.3 Å². The fourth-order valence-electron chi connectivity index (χ4n) is 2.72. The van der Waals surface area contributed by atoms with Gasteiger partial charge in [0.1, 0.15) is 5.75 Å². The maximum Gasteiger partial charge on any atom is 0.338 e. The summed E-state index contributed by atoms with van der Waals surface area (Å²) in [4.78, 5) is 35.8. The molecule has 0 fully saturated rings. The monoisotopic (exact) mass is 408 g/mol. The molecule has 1 heterocycles. The molecule has 0 unspecified atom stereocenters. The fourth-order valence-corrected chi connectivity index (χ4v) is 3.42. The average molecular weight is 408 g/mol. The summed E-state index contributed by atoms with van der Waals surface area (Å²) in [6.07, 6.45) is 0.852. The van der Waals surface area contributed by atoms with Crippen molar-refractivity contribution < 1.29 is 23.9 Å². The van der Waals surface area contributed by atoms with Gasteiger partial charge in [-0.25, -0.2) is 4.79 Å². The van der Waals surface area contributed by atoms with Crippen molar-refractivity contribution in [1.82, 2.24) is 0 Å². The van der Waals surface area contributed by atoms with E-state index in [4.69, 9.17) is 9.47 Å². The number of esters is 2. The van der Waals surface area contributed by atoms with Crippen LogP contribution in [0.2, 0.25) is 0 Å². The van der Waals surface area contributed by atoms with Crippen molar-refractivity contribution in [2.24, 2.45) is 0 Å². The Morgan fingerprint density at radius 2 is 1.55 bits per heavy atom. The van der Waals surface area contributed by atoms with Gasteiger partial charge in [-0.15, -0.1) is 11.3 Å². The van der Waals surface area contributed by atoms with Crippen LogP contribution in [0.5, 0.6) is 5.75 Å². The molecule has 0 spiro atoms. The van der Waals surface area contributed by atoms with Crippen LogP contribution in [0.4, 0.5) is 0 Å². The molecule has 29 heavy (non-hydrogen) atoms. The molecule has 0 aliphatic rings. The van der Waals surface area contributed by atoms with Crippen LogP contribution in [0.25, 0.3) is 11.1 Å². The van der Waals surface area contributed by atoms with Gasteiger partial charge < -0.3 is 9.47 Å². The Bertz CT molecular complexity index is 973. The molecule has 148 valence electrons. The van der Waals surface area contributed by atoms with Crippen LogP contribution in [0.1, 0.15) is 39.8 Å². The number of ketones is 1. The van der Waals surface area contributed by atoms with Crippen molar-refractivity contribution in [3.8, 4) is 16.9 Å². The first-order chi connectivity index (χ1) is 14.0. The molecular weight excluding hydrogens is 388 g/mol. The molecule has 0 aliphatic carbocycles. The number of hydrogen-bond acceptors (Lipinski definition) is 6. The molecule has 5 nitrogen and oxygen atoms in total. The Labute approximate surface area is 172 Å². The minimum atomic E-state index is -0.412. The van der Waals surface area contributed by atoms with Gasteiger partial charge in [-0.2, -0.15) is 0 Å². The minimum absolute atomic E-state index is 0.0696. The van der Waals surface area contributed by atoms with E-state index in [9.17, 15) is 14.4 Å². The Balaban J connectivity index is 1.49. The number of hydrogen-bond donors (Lipinski definition) is 0. The molecule has 2 aromatic carbocycles. The van der Waals surface area contributed by atoms with E-state index in [0.717, 1.165) is 16.0 Å². The Morgan fingerprint density at radius 1 is 0.897 bits per heavy atom. The zero-order valence-corrected chi connectivity index (χ0v) is 16.7. The highest BCUT2D eigenvalue weighted by molar-refractivity contribution is 7.12. The van der Waals surface area contributed by atoms with Crippen molar-refractivity contribution in [2.45, 2.75) is 19.8 Å². The molecular formula is C23H20O5S. The standard InChI is InChI=1S/C23H20O5S/c1-16(24)28-20-12-10-18(11-13-20)17-6-8-19(9-7-17)23(26)27-14-2-4-21(25)22-5-3-15-29-22/h3,5-13,15H,2,4,14H2,1H3. The first kappa shape index (κ1) is 20.5. The van der Waals surface area contributed by atoms with Crippen LogP contribution in [0, 0.1) is 0 Å². The molecule has 0 atom stereocenters. The van der Waals surface area contributed by atoms with Crippen molar-refractivity contribution in [1.29, 1.82) is 0 Å². The molecule has 6 heteroatoms.